The van der Waals surface area contributed by atoms with Crippen molar-refractivity contribution in [1.82, 2.24) is 14.9 Å². The Labute approximate surface area is 214 Å². The van der Waals surface area contributed by atoms with Crippen LogP contribution >= 0.6 is 0 Å². The van der Waals surface area contributed by atoms with Gasteiger partial charge in [0.15, 0.2) is 0 Å². The van der Waals surface area contributed by atoms with E-state index in [1.807, 2.05) is 35.2 Å². The number of rotatable bonds is 7. The van der Waals surface area contributed by atoms with Crippen LogP contribution < -0.4 is 5.43 Å². The van der Waals surface area contributed by atoms with Crippen LogP contribution in [0.3, 0.4) is 0 Å². The summed E-state index contributed by atoms with van der Waals surface area (Å²) >= 11 is 0. The first-order valence-electron chi connectivity index (χ1n) is 12.7. The van der Waals surface area contributed by atoms with Crippen molar-refractivity contribution >= 4 is 22.9 Å². The number of aryl methyl sites for hydroxylation is 2. The summed E-state index contributed by atoms with van der Waals surface area (Å²) in [6.45, 7) is 2.85. The molecule has 2 aromatic carbocycles. The van der Waals surface area contributed by atoms with Crippen molar-refractivity contribution < 1.29 is 14.7 Å². The number of H-pyrrole nitrogens is 1. The summed E-state index contributed by atoms with van der Waals surface area (Å²) < 4.78 is 0. The van der Waals surface area contributed by atoms with Gasteiger partial charge in [-0.05, 0) is 73.1 Å². The van der Waals surface area contributed by atoms with E-state index in [9.17, 15) is 19.5 Å². The lowest BCUT2D eigenvalue weighted by atomic mass is 10.0. The fourth-order valence-corrected chi connectivity index (χ4v) is 5.05. The molecule has 4 aromatic rings. The molecule has 0 aliphatic carbocycles. The molecule has 7 nitrogen and oxygen atoms in total. The Balaban J connectivity index is 1.27. The third kappa shape index (κ3) is 5.03. The highest BCUT2D eigenvalue weighted by atomic mass is 16.4. The zero-order valence-electron chi connectivity index (χ0n) is 20.7. The Morgan fingerprint density at radius 1 is 1.03 bits per heavy atom. The average molecular weight is 496 g/mol. The van der Waals surface area contributed by atoms with Crippen LogP contribution in [-0.4, -0.2) is 44.4 Å². The Morgan fingerprint density at radius 3 is 2.41 bits per heavy atom. The zero-order chi connectivity index (χ0) is 25.9. The van der Waals surface area contributed by atoms with E-state index in [1.165, 1.54) is 11.8 Å². The second kappa shape index (κ2) is 10.4. The standard InChI is InChI=1S/C30H29N3O4/c1-2-19-5-7-20(8-6-19)21-9-11-22(12-10-21)29(35)33-17-3-4-24(33)15-13-23-14-16-26-27(32-23)28(34)25(18-31-26)30(36)37/h5-12,14,16,18,24H,2-4,13,15,17H2,1H3,(H,31,34)(H,36,37). The number of carbonyl (C=O) groups is 2. The van der Waals surface area contributed by atoms with E-state index in [0.717, 1.165) is 43.4 Å². The van der Waals surface area contributed by atoms with Gasteiger partial charge in [0, 0.05) is 30.0 Å². The maximum absolute atomic E-state index is 13.3. The first-order valence-corrected chi connectivity index (χ1v) is 12.7. The lowest BCUT2D eigenvalue weighted by molar-refractivity contribution is 0.0693. The first-order chi connectivity index (χ1) is 17.9. The molecule has 1 fully saturated rings. The number of aromatic carboxylic acids is 1. The topological polar surface area (TPSA) is 103 Å². The van der Waals surface area contributed by atoms with E-state index >= 15 is 0 Å². The lowest BCUT2D eigenvalue weighted by Crippen LogP contribution is -2.35. The van der Waals surface area contributed by atoms with Crippen molar-refractivity contribution in [3.8, 4) is 11.1 Å². The quantitative estimate of drug-likeness (QED) is 0.372. The number of aromatic nitrogens is 2. The average Bonchev–Trinajstić information content (AvgIpc) is 3.40. The van der Waals surface area contributed by atoms with Gasteiger partial charge in [-0.25, -0.2) is 9.78 Å². The summed E-state index contributed by atoms with van der Waals surface area (Å²) in [4.78, 5) is 46.4. The molecule has 0 spiro atoms. The molecule has 1 unspecified atom stereocenters. The number of benzene rings is 2. The van der Waals surface area contributed by atoms with E-state index in [-0.39, 0.29) is 23.0 Å². The molecule has 37 heavy (non-hydrogen) atoms. The summed E-state index contributed by atoms with van der Waals surface area (Å²) in [5.74, 6) is -1.25. The third-order valence-corrected chi connectivity index (χ3v) is 7.21. The highest BCUT2D eigenvalue weighted by Gasteiger charge is 2.29. The molecule has 1 amide bonds. The summed E-state index contributed by atoms with van der Waals surface area (Å²) in [5.41, 5.74) is 4.61. The van der Waals surface area contributed by atoms with Gasteiger partial charge >= 0.3 is 5.97 Å². The first kappa shape index (κ1) is 24.4. The SMILES string of the molecule is CCc1ccc(-c2ccc(C(=O)N3CCCC3CCc3ccc4[nH]cc(C(=O)O)c(=O)c4n3)cc2)cc1. The lowest BCUT2D eigenvalue weighted by Gasteiger charge is -2.25. The van der Waals surface area contributed by atoms with Crippen molar-refractivity contribution in [1.29, 1.82) is 0 Å². The van der Waals surface area contributed by atoms with Gasteiger partial charge in [0.25, 0.3) is 5.91 Å². The number of fused-ring (bicyclic) bond motifs is 1. The molecule has 5 rings (SSSR count). The van der Waals surface area contributed by atoms with Gasteiger partial charge in [0.1, 0.15) is 11.1 Å². The normalized spacial score (nSPS) is 15.3. The number of nitrogens with one attached hydrogen (secondary N) is 1. The predicted molar refractivity (Wildman–Crippen MR) is 143 cm³/mol. The molecule has 1 atom stereocenters. The minimum Gasteiger partial charge on any atom is -0.477 e. The fraction of sp³-hybridized carbons (Fsp3) is 0.267. The van der Waals surface area contributed by atoms with Gasteiger partial charge in [-0.15, -0.1) is 0 Å². The van der Waals surface area contributed by atoms with Crippen molar-refractivity contribution in [2.24, 2.45) is 0 Å². The van der Waals surface area contributed by atoms with Gasteiger partial charge in [-0.3, -0.25) is 9.59 Å². The number of carboxylic acid groups (broad SMARTS) is 1. The molecule has 0 radical (unpaired) electrons. The molecular weight excluding hydrogens is 466 g/mol. The number of amides is 1. The second-order valence-corrected chi connectivity index (χ2v) is 9.50. The zero-order valence-corrected chi connectivity index (χ0v) is 20.7. The van der Waals surface area contributed by atoms with Crippen LogP contribution in [0.25, 0.3) is 22.2 Å². The molecule has 188 valence electrons. The summed E-state index contributed by atoms with van der Waals surface area (Å²) in [6, 6.07) is 20.0. The number of aromatic amines is 1. The van der Waals surface area contributed by atoms with Crippen LogP contribution in [0.15, 0.2) is 71.7 Å². The molecule has 0 saturated carbocycles. The maximum Gasteiger partial charge on any atom is 0.341 e. The van der Waals surface area contributed by atoms with Gasteiger partial charge in [-0.2, -0.15) is 0 Å². The van der Waals surface area contributed by atoms with Gasteiger partial charge in [0.2, 0.25) is 5.43 Å². The van der Waals surface area contributed by atoms with Crippen LogP contribution in [0, 0.1) is 0 Å². The van der Waals surface area contributed by atoms with Gasteiger partial charge < -0.3 is 15.0 Å². The molecule has 2 aromatic heterocycles. The number of likely N-dealkylation sites (tertiary alicyclic amines) is 1. The Kier molecular flexibility index (Phi) is 6.86. The Bertz CT molecular complexity index is 1510. The van der Waals surface area contributed by atoms with E-state index in [0.29, 0.717) is 23.2 Å². The smallest absolute Gasteiger partial charge is 0.341 e. The Hall–Kier alpha value is -4.26. The van der Waals surface area contributed by atoms with Crippen molar-refractivity contribution in [3.63, 3.8) is 0 Å². The summed E-state index contributed by atoms with van der Waals surface area (Å²) in [7, 11) is 0. The number of hydrogen-bond acceptors (Lipinski definition) is 4. The van der Waals surface area contributed by atoms with Crippen LogP contribution in [-0.2, 0) is 12.8 Å². The molecular formula is C30H29N3O4. The van der Waals surface area contributed by atoms with E-state index in [1.54, 1.807) is 6.07 Å². The molecule has 3 heterocycles. The number of carboxylic acids is 1. The van der Waals surface area contributed by atoms with Crippen LogP contribution in [0.1, 0.15) is 58.2 Å². The summed E-state index contributed by atoms with van der Waals surface area (Å²) in [6.07, 6.45) is 5.39. The van der Waals surface area contributed by atoms with Gasteiger partial charge in [-0.1, -0.05) is 43.3 Å². The Morgan fingerprint density at radius 2 is 1.73 bits per heavy atom. The van der Waals surface area contributed by atoms with Crippen molar-refractivity contribution in [2.75, 3.05) is 6.54 Å². The molecule has 0 bridgehead atoms. The van der Waals surface area contributed by atoms with Gasteiger partial charge in [0.05, 0.1) is 5.52 Å². The molecule has 1 aliphatic heterocycles. The largest absolute Gasteiger partial charge is 0.477 e. The van der Waals surface area contributed by atoms with Crippen LogP contribution in [0.4, 0.5) is 0 Å². The fourth-order valence-electron chi connectivity index (χ4n) is 5.05. The monoisotopic (exact) mass is 495 g/mol. The van der Waals surface area contributed by atoms with E-state index < -0.39 is 11.4 Å². The minimum absolute atomic E-state index is 0.0318. The molecule has 7 heteroatoms. The number of nitrogens with zero attached hydrogens (tertiary/aromatic N) is 2. The summed E-state index contributed by atoms with van der Waals surface area (Å²) in [5, 5.41) is 9.22. The second-order valence-electron chi connectivity index (χ2n) is 9.50. The maximum atomic E-state index is 13.3. The number of carbonyl (C=O) groups excluding carboxylic acids is 1. The molecule has 1 saturated heterocycles. The van der Waals surface area contributed by atoms with E-state index in [2.05, 4.69) is 41.2 Å². The van der Waals surface area contributed by atoms with Crippen LogP contribution in [0.5, 0.6) is 0 Å². The molecule has 1 aliphatic rings. The minimum atomic E-state index is -1.28. The molecule has 2 N–H and O–H groups in total. The highest BCUT2D eigenvalue weighted by molar-refractivity contribution is 5.95. The number of pyridine rings is 2. The highest BCUT2D eigenvalue weighted by Crippen LogP contribution is 2.26. The third-order valence-electron chi connectivity index (χ3n) is 7.21. The van der Waals surface area contributed by atoms with Crippen molar-refractivity contribution in [3.05, 3.63) is 99.5 Å². The predicted octanol–water partition coefficient (Wildman–Crippen LogP) is 5.09. The van der Waals surface area contributed by atoms with E-state index in [4.69, 9.17) is 0 Å². The van der Waals surface area contributed by atoms with Crippen molar-refractivity contribution in [2.45, 2.75) is 45.1 Å². The number of hydrogen-bond donors (Lipinski definition) is 2. The van der Waals surface area contributed by atoms with Crippen LogP contribution in [0.2, 0.25) is 0 Å².